The largest absolute Gasteiger partial charge is 0.480 e. The molecule has 156 valence electrons. The first-order valence-corrected chi connectivity index (χ1v) is 8.88. The number of alkyl halides is 3. The molecule has 1 heterocycles. The molecule has 0 aliphatic rings. The number of carboxylic acids is 1. The van der Waals surface area contributed by atoms with E-state index in [1.54, 1.807) is 24.3 Å². The normalized spacial score (nSPS) is 13.6. The molecule has 2 aromatic carbocycles. The zero-order valence-electron chi connectivity index (χ0n) is 15.4. The van der Waals surface area contributed by atoms with Crippen molar-refractivity contribution in [1.29, 1.82) is 0 Å². The Kier molecular flexibility index (Phi) is 6.02. The van der Waals surface area contributed by atoms with Crippen molar-refractivity contribution in [2.24, 2.45) is 0 Å². The summed E-state index contributed by atoms with van der Waals surface area (Å²) in [6.07, 6.45) is -6.50. The summed E-state index contributed by atoms with van der Waals surface area (Å²) in [5.74, 6) is -2.37. The first kappa shape index (κ1) is 21.3. The van der Waals surface area contributed by atoms with Crippen LogP contribution in [0.4, 0.5) is 13.2 Å². The molecule has 0 fully saturated rings. The first-order valence-electron chi connectivity index (χ1n) is 8.88. The lowest BCUT2D eigenvalue weighted by atomic mass is 10.0. The van der Waals surface area contributed by atoms with E-state index in [1.807, 2.05) is 12.1 Å². The van der Waals surface area contributed by atoms with Crippen LogP contribution < -0.4 is 5.32 Å². The minimum Gasteiger partial charge on any atom is -0.480 e. The van der Waals surface area contributed by atoms with Crippen molar-refractivity contribution in [3.05, 3.63) is 77.5 Å². The van der Waals surface area contributed by atoms with Crippen molar-refractivity contribution in [3.63, 3.8) is 0 Å². The lowest BCUT2D eigenvalue weighted by Crippen LogP contribution is -2.44. The van der Waals surface area contributed by atoms with E-state index in [9.17, 15) is 33.0 Å². The summed E-state index contributed by atoms with van der Waals surface area (Å²) in [5, 5.41) is 22.6. The fourth-order valence-electron chi connectivity index (χ4n) is 2.89. The molecule has 1 amide bonds. The number of hydrogen-bond donors (Lipinski definition) is 3. The number of para-hydroxylation sites is 1. The monoisotopic (exact) mass is 418 g/mol. The molecule has 0 unspecified atom stereocenters. The Morgan fingerprint density at radius 1 is 1.00 bits per heavy atom. The third kappa shape index (κ3) is 4.93. The maximum atomic E-state index is 12.6. The molecule has 0 aliphatic heterocycles. The van der Waals surface area contributed by atoms with Crippen molar-refractivity contribution in [2.75, 3.05) is 0 Å². The quantitative estimate of drug-likeness (QED) is 0.571. The second-order valence-electron chi connectivity index (χ2n) is 6.62. The van der Waals surface area contributed by atoms with Gasteiger partial charge in [0.25, 0.3) is 5.91 Å². The van der Waals surface area contributed by atoms with Crippen LogP contribution in [0.1, 0.15) is 22.9 Å². The number of fused-ring (bicyclic) bond motifs is 1. The fourth-order valence-corrected chi connectivity index (χ4v) is 2.89. The van der Waals surface area contributed by atoms with Gasteiger partial charge in [-0.15, -0.1) is 0 Å². The van der Waals surface area contributed by atoms with E-state index < -0.39 is 35.8 Å². The van der Waals surface area contributed by atoms with Crippen LogP contribution in [0, 0.1) is 0 Å². The van der Waals surface area contributed by atoms with Gasteiger partial charge in [-0.2, -0.15) is 13.2 Å². The van der Waals surface area contributed by atoms with E-state index in [4.69, 9.17) is 0 Å². The number of rotatable bonds is 6. The Hall–Kier alpha value is -3.46. The number of aliphatic carboxylic acids is 1. The predicted octanol–water partition coefficient (Wildman–Crippen LogP) is 3.10. The summed E-state index contributed by atoms with van der Waals surface area (Å²) in [6, 6.07) is 12.7. The molecule has 0 spiro atoms. The zero-order chi connectivity index (χ0) is 21.9. The van der Waals surface area contributed by atoms with E-state index >= 15 is 0 Å². The maximum Gasteiger partial charge on any atom is 0.416 e. The third-order valence-corrected chi connectivity index (χ3v) is 4.49. The molecule has 3 rings (SSSR count). The van der Waals surface area contributed by atoms with Crippen molar-refractivity contribution >= 4 is 22.8 Å². The lowest BCUT2D eigenvalue weighted by molar-refractivity contribution is -0.143. The van der Waals surface area contributed by atoms with Gasteiger partial charge >= 0.3 is 12.1 Å². The third-order valence-electron chi connectivity index (χ3n) is 4.49. The van der Waals surface area contributed by atoms with Crippen LogP contribution in [-0.4, -0.2) is 33.1 Å². The summed E-state index contributed by atoms with van der Waals surface area (Å²) in [6.45, 7) is 0. The highest BCUT2D eigenvalue weighted by atomic mass is 19.4. The summed E-state index contributed by atoms with van der Waals surface area (Å²) < 4.78 is 37.9. The molecule has 6 nitrogen and oxygen atoms in total. The smallest absolute Gasteiger partial charge is 0.416 e. The number of aliphatic hydroxyl groups excluding tert-OH is 1. The first-order chi connectivity index (χ1) is 14.1. The Bertz CT molecular complexity index is 1070. The Morgan fingerprint density at radius 2 is 1.67 bits per heavy atom. The SMILES string of the molecule is O=C(N[C@H](Cc1ccc2ccccc2n1)C(=O)O)[C@@H](O)c1ccc(C(F)(F)F)cc1. The summed E-state index contributed by atoms with van der Waals surface area (Å²) in [5.41, 5.74) is 0.0683. The molecular weight excluding hydrogens is 401 g/mol. The number of amides is 1. The predicted molar refractivity (Wildman–Crippen MR) is 101 cm³/mol. The molecule has 9 heteroatoms. The van der Waals surface area contributed by atoms with Crippen LogP contribution in [0.5, 0.6) is 0 Å². The van der Waals surface area contributed by atoms with Crippen LogP contribution in [0.25, 0.3) is 10.9 Å². The number of pyridine rings is 1. The van der Waals surface area contributed by atoms with Crippen molar-refractivity contribution in [3.8, 4) is 0 Å². The van der Waals surface area contributed by atoms with E-state index in [0.717, 1.165) is 29.7 Å². The molecule has 0 saturated heterocycles. The fraction of sp³-hybridized carbons (Fsp3) is 0.190. The number of benzene rings is 2. The van der Waals surface area contributed by atoms with Gasteiger partial charge in [-0.25, -0.2) is 4.79 Å². The van der Waals surface area contributed by atoms with Crippen LogP contribution in [0.2, 0.25) is 0 Å². The maximum absolute atomic E-state index is 12.6. The van der Waals surface area contributed by atoms with E-state index in [2.05, 4.69) is 10.3 Å². The number of carbonyl (C=O) groups excluding carboxylic acids is 1. The van der Waals surface area contributed by atoms with Gasteiger partial charge in [0, 0.05) is 17.5 Å². The number of nitrogens with zero attached hydrogens (tertiary/aromatic N) is 1. The van der Waals surface area contributed by atoms with Gasteiger partial charge in [-0.3, -0.25) is 9.78 Å². The van der Waals surface area contributed by atoms with Crippen LogP contribution in [0.15, 0.2) is 60.7 Å². The van der Waals surface area contributed by atoms with Gasteiger partial charge in [0.1, 0.15) is 6.04 Å². The average Bonchev–Trinajstić information content (AvgIpc) is 2.72. The molecule has 2 atom stereocenters. The molecule has 3 N–H and O–H groups in total. The number of aliphatic hydroxyl groups is 1. The van der Waals surface area contributed by atoms with Crippen LogP contribution in [0.3, 0.4) is 0 Å². The molecule has 30 heavy (non-hydrogen) atoms. The number of carbonyl (C=O) groups is 2. The highest BCUT2D eigenvalue weighted by molar-refractivity contribution is 5.87. The molecule has 0 aliphatic carbocycles. The van der Waals surface area contributed by atoms with Gasteiger partial charge in [0.15, 0.2) is 6.10 Å². The standard InChI is InChI=1S/C21H17F3N2O4/c22-21(23,24)14-8-5-13(6-9-14)18(27)19(28)26-17(20(29)30)11-15-10-7-12-3-1-2-4-16(12)25-15/h1-10,17-18,27H,11H2,(H,26,28)(H,29,30)/t17-,18+/m1/s1. The van der Waals surface area contributed by atoms with E-state index in [0.29, 0.717) is 11.2 Å². The van der Waals surface area contributed by atoms with E-state index in [1.165, 1.54) is 0 Å². The van der Waals surface area contributed by atoms with Crippen molar-refractivity contribution in [2.45, 2.75) is 24.7 Å². The van der Waals surface area contributed by atoms with Crippen LogP contribution >= 0.6 is 0 Å². The average molecular weight is 418 g/mol. The minimum absolute atomic E-state index is 0.0894. The topological polar surface area (TPSA) is 99.5 Å². The molecular formula is C21H17F3N2O4. The molecule has 0 radical (unpaired) electrons. The Morgan fingerprint density at radius 3 is 2.30 bits per heavy atom. The molecule has 3 aromatic rings. The molecule has 0 bridgehead atoms. The van der Waals surface area contributed by atoms with Crippen LogP contribution in [-0.2, 0) is 22.2 Å². The molecule has 0 saturated carbocycles. The summed E-state index contributed by atoms with van der Waals surface area (Å²) in [7, 11) is 0. The van der Waals surface area contributed by atoms with Gasteiger partial charge in [-0.1, -0.05) is 36.4 Å². The number of carboxylic acid groups (broad SMARTS) is 1. The van der Waals surface area contributed by atoms with Gasteiger partial charge < -0.3 is 15.5 Å². The second kappa shape index (κ2) is 8.50. The van der Waals surface area contributed by atoms with Gasteiger partial charge in [0.2, 0.25) is 0 Å². The second-order valence-corrected chi connectivity index (χ2v) is 6.62. The Balaban J connectivity index is 1.72. The number of halogens is 3. The lowest BCUT2D eigenvalue weighted by Gasteiger charge is -2.18. The Labute approximate surface area is 169 Å². The van der Waals surface area contributed by atoms with E-state index in [-0.39, 0.29) is 12.0 Å². The highest BCUT2D eigenvalue weighted by Gasteiger charge is 2.31. The minimum atomic E-state index is -4.55. The summed E-state index contributed by atoms with van der Waals surface area (Å²) >= 11 is 0. The number of hydrogen-bond acceptors (Lipinski definition) is 4. The van der Waals surface area contributed by atoms with Gasteiger partial charge in [-0.05, 0) is 29.8 Å². The van der Waals surface area contributed by atoms with Crippen molar-refractivity contribution in [1.82, 2.24) is 10.3 Å². The summed E-state index contributed by atoms with van der Waals surface area (Å²) in [4.78, 5) is 28.2. The number of nitrogens with one attached hydrogen (secondary N) is 1. The molecule has 1 aromatic heterocycles. The highest BCUT2D eigenvalue weighted by Crippen LogP contribution is 2.30. The van der Waals surface area contributed by atoms with Gasteiger partial charge in [0.05, 0.1) is 11.1 Å². The number of aromatic nitrogens is 1. The zero-order valence-corrected chi connectivity index (χ0v) is 15.4. The van der Waals surface area contributed by atoms with Crippen molar-refractivity contribution < 1.29 is 33.0 Å².